The summed E-state index contributed by atoms with van der Waals surface area (Å²) < 4.78 is 40.5. The predicted molar refractivity (Wildman–Crippen MR) is 99.2 cm³/mol. The van der Waals surface area contributed by atoms with Gasteiger partial charge in [-0.25, -0.2) is 0 Å². The maximum absolute atomic E-state index is 13.5. The number of phenols is 1. The second kappa shape index (κ2) is 7.37. The number of aromatic hydroxyl groups is 1. The van der Waals surface area contributed by atoms with Crippen LogP contribution in [-0.2, 0) is 11.3 Å². The highest BCUT2D eigenvalue weighted by Crippen LogP contribution is 2.51. The van der Waals surface area contributed by atoms with E-state index in [2.05, 4.69) is 0 Å². The molecule has 0 aromatic heterocycles. The van der Waals surface area contributed by atoms with Crippen molar-refractivity contribution in [2.24, 2.45) is 0 Å². The van der Waals surface area contributed by atoms with Gasteiger partial charge in [0.15, 0.2) is 0 Å². The summed E-state index contributed by atoms with van der Waals surface area (Å²) in [6.07, 6.45) is -3.06. The molecule has 0 heterocycles. The highest BCUT2D eigenvalue weighted by Gasteiger charge is 2.38. The van der Waals surface area contributed by atoms with Gasteiger partial charge < -0.3 is 5.11 Å². The SMILES string of the molecule is CCC(CC)(Pc1ccc(C)cc1C(F)(F)F)c1cc(C)ccc1O. The Kier molecular flexibility index (Phi) is 5.83. The highest BCUT2D eigenvalue weighted by molar-refractivity contribution is 7.48. The van der Waals surface area contributed by atoms with Crippen LogP contribution in [0.25, 0.3) is 0 Å². The van der Waals surface area contributed by atoms with Gasteiger partial charge in [-0.05, 0) is 44.1 Å². The first-order valence-corrected chi connectivity index (χ1v) is 9.39. The Hall–Kier alpha value is -1.54. The van der Waals surface area contributed by atoms with E-state index >= 15 is 0 Å². The molecule has 0 aliphatic rings. The average molecular weight is 368 g/mol. The number of aryl methyl sites for hydroxylation is 2. The first kappa shape index (κ1) is 19.8. The molecule has 2 aromatic rings. The summed E-state index contributed by atoms with van der Waals surface area (Å²) in [6.45, 7) is 7.54. The lowest BCUT2D eigenvalue weighted by Crippen LogP contribution is -2.25. The van der Waals surface area contributed by atoms with E-state index in [0.29, 0.717) is 23.7 Å². The molecule has 0 bridgehead atoms. The monoisotopic (exact) mass is 368 g/mol. The van der Waals surface area contributed by atoms with Crippen molar-refractivity contribution in [1.82, 2.24) is 0 Å². The maximum atomic E-state index is 13.5. The van der Waals surface area contributed by atoms with Gasteiger partial charge in [-0.2, -0.15) is 13.2 Å². The van der Waals surface area contributed by atoms with Gasteiger partial charge in [-0.3, -0.25) is 0 Å². The van der Waals surface area contributed by atoms with Crippen molar-refractivity contribution < 1.29 is 18.3 Å². The minimum absolute atomic E-state index is 0.0752. The Morgan fingerprint density at radius 1 is 0.880 bits per heavy atom. The lowest BCUT2D eigenvalue weighted by atomic mass is 9.91. The summed E-state index contributed by atoms with van der Waals surface area (Å²) in [5.41, 5.74) is 1.76. The van der Waals surface area contributed by atoms with E-state index in [9.17, 15) is 18.3 Å². The van der Waals surface area contributed by atoms with Gasteiger partial charge in [0.25, 0.3) is 0 Å². The first-order chi connectivity index (χ1) is 11.6. The maximum Gasteiger partial charge on any atom is 0.417 e. The van der Waals surface area contributed by atoms with Crippen LogP contribution < -0.4 is 5.30 Å². The number of benzene rings is 2. The van der Waals surface area contributed by atoms with E-state index in [0.717, 1.165) is 11.1 Å². The largest absolute Gasteiger partial charge is 0.508 e. The van der Waals surface area contributed by atoms with Crippen LogP contribution in [0.4, 0.5) is 13.2 Å². The van der Waals surface area contributed by atoms with Crippen molar-refractivity contribution in [2.75, 3.05) is 0 Å². The molecule has 0 saturated heterocycles. The molecular weight excluding hydrogens is 344 g/mol. The summed E-state index contributed by atoms with van der Waals surface area (Å²) in [5.74, 6) is 0.155. The number of hydrogen-bond acceptors (Lipinski definition) is 1. The fourth-order valence-corrected chi connectivity index (χ4v) is 4.89. The zero-order valence-corrected chi connectivity index (χ0v) is 16.0. The van der Waals surface area contributed by atoms with Crippen LogP contribution in [0.1, 0.15) is 48.9 Å². The summed E-state index contributed by atoms with van der Waals surface area (Å²) >= 11 is 0. The summed E-state index contributed by atoms with van der Waals surface area (Å²) in [7, 11) is -0.0752. The Morgan fingerprint density at radius 2 is 1.40 bits per heavy atom. The van der Waals surface area contributed by atoms with Gasteiger partial charge in [0.1, 0.15) is 5.75 Å². The number of halogens is 3. The van der Waals surface area contributed by atoms with Crippen molar-refractivity contribution in [3.05, 3.63) is 58.7 Å². The molecule has 2 aromatic carbocycles. The minimum Gasteiger partial charge on any atom is -0.508 e. The third kappa shape index (κ3) is 4.17. The molecule has 0 aliphatic carbocycles. The quantitative estimate of drug-likeness (QED) is 0.637. The molecule has 1 atom stereocenters. The molecule has 0 spiro atoms. The zero-order chi connectivity index (χ0) is 18.8. The molecule has 5 heteroatoms. The van der Waals surface area contributed by atoms with Crippen LogP contribution in [0.5, 0.6) is 5.75 Å². The summed E-state index contributed by atoms with van der Waals surface area (Å²) in [5, 5.41) is 10.2. The van der Waals surface area contributed by atoms with Gasteiger partial charge in [0, 0.05) is 10.7 Å². The van der Waals surface area contributed by atoms with Crippen molar-refractivity contribution in [3.63, 3.8) is 0 Å². The van der Waals surface area contributed by atoms with Crippen molar-refractivity contribution in [3.8, 4) is 5.75 Å². The van der Waals surface area contributed by atoms with Crippen LogP contribution in [0.15, 0.2) is 36.4 Å². The third-order valence-electron chi connectivity index (χ3n) is 4.73. The third-order valence-corrected chi connectivity index (χ3v) is 6.89. The molecule has 1 unspecified atom stereocenters. The topological polar surface area (TPSA) is 20.2 Å². The average Bonchev–Trinajstić information content (AvgIpc) is 2.55. The smallest absolute Gasteiger partial charge is 0.417 e. The van der Waals surface area contributed by atoms with E-state index in [-0.39, 0.29) is 14.3 Å². The second-order valence-corrected chi connectivity index (χ2v) is 8.23. The van der Waals surface area contributed by atoms with Crippen molar-refractivity contribution >= 4 is 13.9 Å². The molecule has 2 rings (SSSR count). The number of hydrogen-bond donors (Lipinski definition) is 1. The van der Waals surface area contributed by atoms with E-state index in [4.69, 9.17) is 0 Å². The Morgan fingerprint density at radius 3 is 1.92 bits per heavy atom. The summed E-state index contributed by atoms with van der Waals surface area (Å²) in [4.78, 5) is 0. The fraction of sp³-hybridized carbons (Fsp3) is 0.400. The molecule has 0 saturated carbocycles. The van der Waals surface area contributed by atoms with Crippen LogP contribution in [-0.4, -0.2) is 5.11 Å². The molecule has 0 amide bonds. The Labute approximate surface area is 149 Å². The molecule has 25 heavy (non-hydrogen) atoms. The second-order valence-electron chi connectivity index (χ2n) is 6.48. The van der Waals surface area contributed by atoms with E-state index in [1.165, 1.54) is 6.07 Å². The lowest BCUT2D eigenvalue weighted by Gasteiger charge is -2.34. The molecule has 0 fully saturated rings. The number of phenolic OH excluding ortho intramolecular Hbond substituents is 1. The molecule has 1 nitrogen and oxygen atoms in total. The van der Waals surface area contributed by atoms with E-state index < -0.39 is 16.9 Å². The standard InChI is InChI=1S/C20H24F3OP/c1-5-19(6-2,15-11-13(3)7-9-17(15)24)25-18-10-8-14(4)12-16(18)20(21,22)23/h7-12,24-25H,5-6H2,1-4H3. The highest BCUT2D eigenvalue weighted by atomic mass is 31.1. The van der Waals surface area contributed by atoms with Gasteiger partial charge in [0.05, 0.1) is 5.56 Å². The summed E-state index contributed by atoms with van der Waals surface area (Å²) in [6, 6.07) is 9.87. The molecule has 0 aliphatic heterocycles. The minimum atomic E-state index is -4.38. The number of rotatable bonds is 5. The molecular formula is C20H24F3OP. The van der Waals surface area contributed by atoms with Crippen LogP contribution in [0, 0.1) is 13.8 Å². The van der Waals surface area contributed by atoms with Gasteiger partial charge in [0.2, 0.25) is 0 Å². The fourth-order valence-electron chi connectivity index (χ4n) is 3.17. The molecule has 1 N–H and O–H groups in total. The number of alkyl halides is 3. The van der Waals surface area contributed by atoms with Crippen molar-refractivity contribution in [1.29, 1.82) is 0 Å². The molecule has 136 valence electrons. The Balaban J connectivity index is 2.59. The van der Waals surface area contributed by atoms with Gasteiger partial charge >= 0.3 is 6.18 Å². The first-order valence-electron chi connectivity index (χ1n) is 8.39. The van der Waals surface area contributed by atoms with Crippen molar-refractivity contribution in [2.45, 2.75) is 51.9 Å². The molecule has 0 radical (unpaired) electrons. The van der Waals surface area contributed by atoms with Crippen LogP contribution in [0.3, 0.4) is 0 Å². The van der Waals surface area contributed by atoms with Gasteiger partial charge in [-0.1, -0.05) is 57.8 Å². The Bertz CT molecular complexity index is 749. The zero-order valence-electron chi connectivity index (χ0n) is 15.0. The van der Waals surface area contributed by atoms with Crippen LogP contribution in [0.2, 0.25) is 0 Å². The van der Waals surface area contributed by atoms with E-state index in [1.807, 2.05) is 32.9 Å². The normalized spacial score (nSPS) is 12.9. The van der Waals surface area contributed by atoms with Crippen LogP contribution >= 0.6 is 8.58 Å². The lowest BCUT2D eigenvalue weighted by molar-refractivity contribution is -0.136. The van der Waals surface area contributed by atoms with E-state index in [1.54, 1.807) is 25.1 Å². The van der Waals surface area contributed by atoms with Gasteiger partial charge in [-0.15, -0.1) is 0 Å². The predicted octanol–water partition coefficient (Wildman–Crippen LogP) is 6.05.